The number of carbonyl (C=O) groups excluding carboxylic acids is 2. The monoisotopic (exact) mass is 356 g/mol. The lowest BCUT2D eigenvalue weighted by Gasteiger charge is -2.15. The molecule has 0 fully saturated rings. The van der Waals surface area contributed by atoms with Gasteiger partial charge >= 0.3 is 0 Å². The molecule has 0 radical (unpaired) electrons. The molecule has 2 amide bonds. The van der Waals surface area contributed by atoms with E-state index in [-0.39, 0.29) is 11.8 Å². The largest absolute Gasteiger partial charge is 0.497 e. The van der Waals surface area contributed by atoms with Crippen LogP contribution in [0, 0.1) is 0 Å². The summed E-state index contributed by atoms with van der Waals surface area (Å²) in [5.41, 5.74) is 1.46. The fraction of sp³-hybridized carbons (Fsp3) is 0.300. The van der Waals surface area contributed by atoms with Crippen LogP contribution >= 0.6 is 0 Å². The Balaban J connectivity index is 1.85. The number of methoxy groups -OCH3 is 2. The van der Waals surface area contributed by atoms with Gasteiger partial charge in [-0.25, -0.2) is 0 Å². The van der Waals surface area contributed by atoms with Gasteiger partial charge in [-0.3, -0.25) is 9.59 Å². The maximum atomic E-state index is 12.2. The van der Waals surface area contributed by atoms with Crippen LogP contribution in [0.4, 0.5) is 0 Å². The third kappa shape index (κ3) is 5.24. The minimum Gasteiger partial charge on any atom is -0.497 e. The van der Waals surface area contributed by atoms with Gasteiger partial charge in [-0.1, -0.05) is 18.2 Å². The SMILES string of the molecule is COc1ccc(OC)c(CCNC(=O)C(C)NC(=O)c2ccccc2)c1. The molecule has 138 valence electrons. The highest BCUT2D eigenvalue weighted by atomic mass is 16.5. The molecule has 0 saturated heterocycles. The Hall–Kier alpha value is -3.02. The second kappa shape index (κ2) is 9.46. The first-order valence-electron chi connectivity index (χ1n) is 8.39. The van der Waals surface area contributed by atoms with Crippen LogP contribution in [0.1, 0.15) is 22.8 Å². The van der Waals surface area contributed by atoms with Gasteiger partial charge in [-0.2, -0.15) is 0 Å². The Bertz CT molecular complexity index is 747. The summed E-state index contributed by atoms with van der Waals surface area (Å²) in [6.07, 6.45) is 0.589. The summed E-state index contributed by atoms with van der Waals surface area (Å²) in [4.78, 5) is 24.3. The minimum absolute atomic E-state index is 0.240. The Morgan fingerprint density at radius 3 is 2.42 bits per heavy atom. The van der Waals surface area contributed by atoms with E-state index in [0.29, 0.717) is 18.5 Å². The summed E-state index contributed by atoms with van der Waals surface area (Å²) in [6.45, 7) is 2.08. The lowest BCUT2D eigenvalue weighted by atomic mass is 10.1. The van der Waals surface area contributed by atoms with Gasteiger partial charge in [-0.05, 0) is 49.2 Å². The molecule has 0 aliphatic rings. The standard InChI is InChI=1S/C20H24N2O4/c1-14(22-20(24)15-7-5-4-6-8-15)19(23)21-12-11-16-13-17(25-2)9-10-18(16)26-3/h4-10,13-14H,11-12H2,1-3H3,(H,21,23)(H,22,24). The van der Waals surface area contributed by atoms with Gasteiger partial charge < -0.3 is 20.1 Å². The third-order valence-corrected chi connectivity index (χ3v) is 3.96. The highest BCUT2D eigenvalue weighted by molar-refractivity contribution is 5.97. The van der Waals surface area contributed by atoms with E-state index in [4.69, 9.17) is 9.47 Å². The molecule has 0 aliphatic heterocycles. The van der Waals surface area contributed by atoms with Crippen LogP contribution in [0.15, 0.2) is 48.5 Å². The highest BCUT2D eigenvalue weighted by Crippen LogP contribution is 2.24. The van der Waals surface area contributed by atoms with E-state index in [1.54, 1.807) is 45.4 Å². The van der Waals surface area contributed by atoms with Gasteiger partial charge in [0.15, 0.2) is 0 Å². The Kier molecular flexibility index (Phi) is 7.02. The van der Waals surface area contributed by atoms with Gasteiger partial charge in [-0.15, -0.1) is 0 Å². The summed E-state index contributed by atoms with van der Waals surface area (Å²) < 4.78 is 10.5. The molecule has 1 unspecified atom stereocenters. The van der Waals surface area contributed by atoms with Gasteiger partial charge in [0.05, 0.1) is 14.2 Å². The maximum Gasteiger partial charge on any atom is 0.251 e. The molecule has 26 heavy (non-hydrogen) atoms. The lowest BCUT2D eigenvalue weighted by Crippen LogP contribution is -2.45. The van der Waals surface area contributed by atoms with Gasteiger partial charge in [0.1, 0.15) is 17.5 Å². The van der Waals surface area contributed by atoms with E-state index < -0.39 is 6.04 Å². The molecule has 0 saturated carbocycles. The van der Waals surface area contributed by atoms with Crippen LogP contribution in [0.3, 0.4) is 0 Å². The van der Waals surface area contributed by atoms with E-state index in [0.717, 1.165) is 17.1 Å². The zero-order valence-electron chi connectivity index (χ0n) is 15.2. The fourth-order valence-electron chi connectivity index (χ4n) is 2.49. The van der Waals surface area contributed by atoms with Crippen LogP contribution in [0.5, 0.6) is 11.5 Å². The molecule has 0 spiro atoms. The van der Waals surface area contributed by atoms with E-state index >= 15 is 0 Å². The second-order valence-corrected chi connectivity index (χ2v) is 5.78. The smallest absolute Gasteiger partial charge is 0.251 e. The van der Waals surface area contributed by atoms with Crippen molar-refractivity contribution >= 4 is 11.8 Å². The van der Waals surface area contributed by atoms with E-state index in [2.05, 4.69) is 10.6 Å². The van der Waals surface area contributed by atoms with Crippen LogP contribution in [-0.2, 0) is 11.2 Å². The average molecular weight is 356 g/mol. The Morgan fingerprint density at radius 2 is 1.77 bits per heavy atom. The normalized spacial score (nSPS) is 11.3. The summed E-state index contributed by atoms with van der Waals surface area (Å²) in [6, 6.07) is 13.7. The predicted molar refractivity (Wildman–Crippen MR) is 99.6 cm³/mol. The Labute approximate surface area is 153 Å². The summed E-state index contributed by atoms with van der Waals surface area (Å²) in [7, 11) is 3.20. The first-order valence-corrected chi connectivity index (χ1v) is 8.39. The molecule has 0 bridgehead atoms. The van der Waals surface area contributed by atoms with Crippen LogP contribution in [0.2, 0.25) is 0 Å². The molecular formula is C20H24N2O4. The first kappa shape index (κ1) is 19.3. The minimum atomic E-state index is -0.630. The number of rotatable bonds is 8. The molecule has 2 aromatic rings. The molecule has 0 aliphatic carbocycles. The van der Waals surface area contributed by atoms with Crippen LogP contribution in [0.25, 0.3) is 0 Å². The number of amides is 2. The summed E-state index contributed by atoms with van der Waals surface area (Å²) in [5.74, 6) is 0.958. The van der Waals surface area contributed by atoms with Crippen molar-refractivity contribution in [3.8, 4) is 11.5 Å². The second-order valence-electron chi connectivity index (χ2n) is 5.78. The van der Waals surface area contributed by atoms with Crippen LogP contribution in [-0.4, -0.2) is 38.6 Å². The van der Waals surface area contributed by atoms with E-state index in [1.165, 1.54) is 0 Å². The molecule has 0 aromatic heterocycles. The van der Waals surface area contributed by atoms with E-state index in [1.807, 2.05) is 24.3 Å². The van der Waals surface area contributed by atoms with E-state index in [9.17, 15) is 9.59 Å². The van der Waals surface area contributed by atoms with Crippen molar-refractivity contribution in [1.82, 2.24) is 10.6 Å². The fourth-order valence-corrected chi connectivity index (χ4v) is 2.49. The van der Waals surface area contributed by atoms with Gasteiger partial charge in [0.25, 0.3) is 5.91 Å². The molecule has 2 N–H and O–H groups in total. The highest BCUT2D eigenvalue weighted by Gasteiger charge is 2.16. The number of benzene rings is 2. The van der Waals surface area contributed by atoms with Crippen LogP contribution < -0.4 is 20.1 Å². The number of hydrogen-bond acceptors (Lipinski definition) is 4. The summed E-state index contributed by atoms with van der Waals surface area (Å²) in [5, 5.41) is 5.52. The van der Waals surface area contributed by atoms with Crippen molar-refractivity contribution in [3.63, 3.8) is 0 Å². The number of nitrogens with one attached hydrogen (secondary N) is 2. The van der Waals surface area contributed by atoms with Crippen molar-refractivity contribution in [3.05, 3.63) is 59.7 Å². The molecular weight excluding hydrogens is 332 g/mol. The zero-order chi connectivity index (χ0) is 18.9. The average Bonchev–Trinajstić information content (AvgIpc) is 2.68. The molecule has 1 atom stereocenters. The molecule has 2 rings (SSSR count). The molecule has 2 aromatic carbocycles. The maximum absolute atomic E-state index is 12.2. The van der Waals surface area contributed by atoms with Gasteiger partial charge in [0, 0.05) is 12.1 Å². The lowest BCUT2D eigenvalue weighted by molar-refractivity contribution is -0.122. The van der Waals surface area contributed by atoms with Crippen molar-refractivity contribution in [2.45, 2.75) is 19.4 Å². The van der Waals surface area contributed by atoms with Crippen molar-refractivity contribution < 1.29 is 19.1 Å². The number of ether oxygens (including phenoxy) is 2. The Morgan fingerprint density at radius 1 is 1.04 bits per heavy atom. The quantitative estimate of drug-likeness (QED) is 0.760. The number of carbonyl (C=O) groups is 2. The van der Waals surface area contributed by atoms with Crippen molar-refractivity contribution in [1.29, 1.82) is 0 Å². The predicted octanol–water partition coefficient (Wildman–Crippen LogP) is 2.18. The topological polar surface area (TPSA) is 76.7 Å². The van der Waals surface area contributed by atoms with Gasteiger partial charge in [0.2, 0.25) is 5.91 Å². The molecule has 6 heteroatoms. The zero-order valence-corrected chi connectivity index (χ0v) is 15.2. The summed E-state index contributed by atoms with van der Waals surface area (Å²) >= 11 is 0. The molecule has 6 nitrogen and oxygen atoms in total. The van der Waals surface area contributed by atoms with Crippen molar-refractivity contribution in [2.24, 2.45) is 0 Å². The van der Waals surface area contributed by atoms with Crippen molar-refractivity contribution in [2.75, 3.05) is 20.8 Å². The third-order valence-electron chi connectivity index (χ3n) is 3.96. The first-order chi connectivity index (χ1) is 12.5. The molecule has 0 heterocycles. The number of hydrogen-bond donors (Lipinski definition) is 2.